The van der Waals surface area contributed by atoms with Crippen molar-refractivity contribution in [2.45, 2.75) is 25.9 Å². The van der Waals surface area contributed by atoms with Crippen LogP contribution in [0.1, 0.15) is 25.8 Å². The summed E-state index contributed by atoms with van der Waals surface area (Å²) in [6, 6.07) is 7.10. The van der Waals surface area contributed by atoms with E-state index in [0.29, 0.717) is 12.2 Å². The number of carbonyl (C=O) groups is 1. The molecule has 5 nitrogen and oxygen atoms in total. The maximum Gasteiger partial charge on any atom is 0.298 e. The van der Waals surface area contributed by atoms with Gasteiger partial charge in [-0.05, 0) is 25.5 Å². The largest absolute Gasteiger partial charge is 0.494 e. The molecular formula is C13H16N2O3. The molecule has 1 unspecified atom stereocenters. The minimum absolute atomic E-state index is 0.0891. The minimum atomic E-state index is -1.12. The van der Waals surface area contributed by atoms with Gasteiger partial charge in [0, 0.05) is 5.56 Å². The molecule has 18 heavy (non-hydrogen) atoms. The van der Waals surface area contributed by atoms with E-state index in [1.807, 2.05) is 6.92 Å². The minimum Gasteiger partial charge on any atom is -0.494 e. The molecule has 0 aromatic heterocycles. The van der Waals surface area contributed by atoms with Gasteiger partial charge in [-0.3, -0.25) is 4.79 Å². The molecule has 1 heterocycles. The Balaban J connectivity index is 2.17. The lowest BCUT2D eigenvalue weighted by Crippen LogP contribution is -2.31. The number of amidine groups is 1. The summed E-state index contributed by atoms with van der Waals surface area (Å²) in [4.78, 5) is 15.3. The predicted molar refractivity (Wildman–Crippen MR) is 67.3 cm³/mol. The smallest absolute Gasteiger partial charge is 0.298 e. The maximum absolute atomic E-state index is 11.7. The number of rotatable bonds is 4. The molecule has 0 aliphatic carbocycles. The number of nitrogens with two attached hydrogens (primary N) is 1. The van der Waals surface area contributed by atoms with Crippen molar-refractivity contribution in [1.29, 1.82) is 0 Å². The number of benzene rings is 1. The number of carbonyl (C=O) groups excluding carboxylic acids is 1. The predicted octanol–water partition coefficient (Wildman–Crippen LogP) is 1.56. The summed E-state index contributed by atoms with van der Waals surface area (Å²) in [5.74, 6) is 0.380. The van der Waals surface area contributed by atoms with Gasteiger partial charge >= 0.3 is 0 Å². The molecule has 1 atom stereocenters. The second-order valence-corrected chi connectivity index (χ2v) is 4.26. The Bertz CT molecular complexity index is 482. The fourth-order valence-corrected chi connectivity index (χ4v) is 1.75. The molecule has 1 aromatic rings. The zero-order valence-corrected chi connectivity index (χ0v) is 10.5. The van der Waals surface area contributed by atoms with Crippen LogP contribution in [-0.2, 0) is 15.1 Å². The Hall–Kier alpha value is -2.04. The van der Waals surface area contributed by atoms with Crippen LogP contribution in [0.15, 0.2) is 29.3 Å². The van der Waals surface area contributed by atoms with Gasteiger partial charge in [-0.2, -0.15) is 4.99 Å². The van der Waals surface area contributed by atoms with Gasteiger partial charge in [0.05, 0.1) is 6.61 Å². The first-order chi connectivity index (χ1) is 8.56. The van der Waals surface area contributed by atoms with E-state index < -0.39 is 5.60 Å². The van der Waals surface area contributed by atoms with E-state index in [2.05, 4.69) is 4.99 Å². The molecule has 1 amide bonds. The molecule has 0 spiro atoms. The van der Waals surface area contributed by atoms with Crippen LogP contribution in [0.2, 0.25) is 0 Å². The highest BCUT2D eigenvalue weighted by molar-refractivity contribution is 6.01. The van der Waals surface area contributed by atoms with Crippen molar-refractivity contribution < 1.29 is 14.3 Å². The molecule has 0 radical (unpaired) electrons. The van der Waals surface area contributed by atoms with E-state index in [9.17, 15) is 4.79 Å². The van der Waals surface area contributed by atoms with Crippen LogP contribution in [0, 0.1) is 0 Å². The summed E-state index contributed by atoms with van der Waals surface area (Å²) in [7, 11) is 0. The van der Waals surface area contributed by atoms with Crippen molar-refractivity contribution in [2.24, 2.45) is 10.7 Å². The van der Waals surface area contributed by atoms with E-state index in [0.717, 1.165) is 12.2 Å². The molecule has 5 heteroatoms. The van der Waals surface area contributed by atoms with Gasteiger partial charge in [0.2, 0.25) is 5.60 Å². The van der Waals surface area contributed by atoms with Gasteiger partial charge in [-0.25, -0.2) is 0 Å². The Kier molecular flexibility index (Phi) is 3.23. The Morgan fingerprint density at radius 1 is 1.39 bits per heavy atom. The summed E-state index contributed by atoms with van der Waals surface area (Å²) < 4.78 is 10.8. The number of nitrogens with zero attached hydrogens (tertiary/aromatic N) is 1. The molecule has 1 aromatic carbocycles. The topological polar surface area (TPSA) is 73.9 Å². The molecule has 0 bridgehead atoms. The fraction of sp³-hybridized carbons (Fsp3) is 0.385. The van der Waals surface area contributed by atoms with Crippen LogP contribution >= 0.6 is 0 Å². The third kappa shape index (κ3) is 2.16. The SMILES string of the molecule is CCCOc1ccc(C2(C)OC(N)=NC2=O)cc1. The molecule has 0 saturated heterocycles. The van der Waals surface area contributed by atoms with Gasteiger partial charge < -0.3 is 15.2 Å². The van der Waals surface area contributed by atoms with Crippen molar-refractivity contribution in [3.63, 3.8) is 0 Å². The number of aliphatic imine (C=N–C) groups is 1. The average molecular weight is 248 g/mol. The number of hydrogen-bond donors (Lipinski definition) is 1. The standard InChI is InChI=1S/C13H16N2O3/c1-3-8-17-10-6-4-9(5-7-10)13(2)11(16)15-12(14)18-13/h4-7H,3,8H2,1-2H3,(H2,14,15,16). The fourth-order valence-electron chi connectivity index (χ4n) is 1.75. The summed E-state index contributed by atoms with van der Waals surface area (Å²) >= 11 is 0. The number of ether oxygens (including phenoxy) is 2. The van der Waals surface area contributed by atoms with Gasteiger partial charge in [-0.1, -0.05) is 19.1 Å². The van der Waals surface area contributed by atoms with Crippen molar-refractivity contribution in [2.75, 3.05) is 6.61 Å². The zero-order valence-electron chi connectivity index (χ0n) is 10.5. The summed E-state index contributed by atoms with van der Waals surface area (Å²) in [6.45, 7) is 4.36. The van der Waals surface area contributed by atoms with Crippen LogP contribution in [0.3, 0.4) is 0 Å². The second-order valence-electron chi connectivity index (χ2n) is 4.26. The van der Waals surface area contributed by atoms with E-state index >= 15 is 0 Å². The van der Waals surface area contributed by atoms with Gasteiger partial charge in [0.25, 0.3) is 11.9 Å². The van der Waals surface area contributed by atoms with Crippen molar-refractivity contribution in [3.05, 3.63) is 29.8 Å². The molecular weight excluding hydrogens is 232 g/mol. The summed E-state index contributed by atoms with van der Waals surface area (Å²) in [5, 5.41) is 0. The molecule has 96 valence electrons. The van der Waals surface area contributed by atoms with Crippen LogP contribution in [0.5, 0.6) is 5.75 Å². The third-order valence-corrected chi connectivity index (χ3v) is 2.81. The molecule has 1 aliphatic heterocycles. The molecule has 0 fully saturated rings. The number of amides is 1. The summed E-state index contributed by atoms with van der Waals surface area (Å²) in [5.41, 5.74) is 5.01. The normalized spacial score (nSPS) is 22.6. The first-order valence-corrected chi connectivity index (χ1v) is 5.87. The maximum atomic E-state index is 11.7. The van der Waals surface area contributed by atoms with E-state index in [1.54, 1.807) is 31.2 Å². The van der Waals surface area contributed by atoms with Crippen molar-refractivity contribution in [1.82, 2.24) is 0 Å². The highest BCUT2D eigenvalue weighted by Crippen LogP contribution is 2.31. The lowest BCUT2D eigenvalue weighted by atomic mass is 9.95. The Morgan fingerprint density at radius 2 is 2.06 bits per heavy atom. The highest BCUT2D eigenvalue weighted by atomic mass is 16.5. The van der Waals surface area contributed by atoms with Gasteiger partial charge in [0.15, 0.2) is 0 Å². The van der Waals surface area contributed by atoms with E-state index in [-0.39, 0.29) is 11.9 Å². The van der Waals surface area contributed by atoms with E-state index in [4.69, 9.17) is 15.2 Å². The quantitative estimate of drug-likeness (QED) is 0.877. The molecule has 2 rings (SSSR count). The average Bonchev–Trinajstić information content (AvgIpc) is 2.62. The molecule has 1 aliphatic rings. The third-order valence-electron chi connectivity index (χ3n) is 2.81. The molecule has 2 N–H and O–H groups in total. The van der Waals surface area contributed by atoms with Crippen LogP contribution in [0.4, 0.5) is 0 Å². The Morgan fingerprint density at radius 3 is 2.56 bits per heavy atom. The lowest BCUT2D eigenvalue weighted by Gasteiger charge is -2.21. The Labute approximate surface area is 106 Å². The molecule has 0 saturated carbocycles. The van der Waals surface area contributed by atoms with Crippen LogP contribution < -0.4 is 10.5 Å². The number of hydrogen-bond acceptors (Lipinski definition) is 4. The second kappa shape index (κ2) is 4.68. The summed E-state index contributed by atoms with van der Waals surface area (Å²) in [6.07, 6.45) is 0.950. The highest BCUT2D eigenvalue weighted by Gasteiger charge is 2.43. The lowest BCUT2D eigenvalue weighted by molar-refractivity contribution is -0.130. The van der Waals surface area contributed by atoms with E-state index in [1.165, 1.54) is 0 Å². The first-order valence-electron chi connectivity index (χ1n) is 5.87. The van der Waals surface area contributed by atoms with Gasteiger partial charge in [0.1, 0.15) is 5.75 Å². The van der Waals surface area contributed by atoms with Gasteiger partial charge in [-0.15, -0.1) is 0 Å². The van der Waals surface area contributed by atoms with Crippen LogP contribution in [0.25, 0.3) is 0 Å². The van der Waals surface area contributed by atoms with Crippen molar-refractivity contribution >= 4 is 11.9 Å². The van der Waals surface area contributed by atoms with Crippen LogP contribution in [-0.4, -0.2) is 18.5 Å². The zero-order chi connectivity index (χ0) is 13.2. The monoisotopic (exact) mass is 248 g/mol. The van der Waals surface area contributed by atoms with Crippen molar-refractivity contribution in [3.8, 4) is 5.75 Å². The first kappa shape index (κ1) is 12.4.